The van der Waals surface area contributed by atoms with Crippen LogP contribution in [0.3, 0.4) is 0 Å². The first-order valence-corrected chi connectivity index (χ1v) is 12.4. The maximum atomic E-state index is 13.4. The number of rotatable bonds is 8. The molecule has 8 nitrogen and oxygen atoms in total. The summed E-state index contributed by atoms with van der Waals surface area (Å²) in [5.74, 6) is -0.00693. The lowest BCUT2D eigenvalue weighted by molar-refractivity contribution is -0.0297. The molecule has 0 radical (unpaired) electrons. The average Bonchev–Trinajstić information content (AvgIpc) is 2.91. The van der Waals surface area contributed by atoms with Crippen molar-refractivity contribution in [2.45, 2.75) is 19.6 Å². The fourth-order valence-corrected chi connectivity index (χ4v) is 4.39. The molecule has 35 heavy (non-hydrogen) atoms. The first-order chi connectivity index (χ1) is 17.1. The molecule has 0 unspecified atom stereocenters. The maximum Gasteiger partial charge on any atom is 0.317 e. The van der Waals surface area contributed by atoms with Gasteiger partial charge in [0.05, 0.1) is 32.5 Å². The van der Waals surface area contributed by atoms with Crippen LogP contribution in [0.15, 0.2) is 54.6 Å². The predicted octanol–water partition coefficient (Wildman–Crippen LogP) is 2.38. The maximum absolute atomic E-state index is 13.4. The van der Waals surface area contributed by atoms with E-state index in [2.05, 4.69) is 10.2 Å². The van der Waals surface area contributed by atoms with Gasteiger partial charge in [-0.3, -0.25) is 9.69 Å². The molecule has 2 saturated heterocycles. The van der Waals surface area contributed by atoms with E-state index in [1.807, 2.05) is 66.4 Å². The van der Waals surface area contributed by atoms with Gasteiger partial charge in [0.25, 0.3) is 5.91 Å². The highest BCUT2D eigenvalue weighted by atomic mass is 16.5. The number of urea groups is 1. The molecule has 0 saturated carbocycles. The summed E-state index contributed by atoms with van der Waals surface area (Å²) in [6, 6.07) is 17.4. The molecule has 0 aromatic heterocycles. The lowest BCUT2D eigenvalue weighted by atomic mass is 10.1. The van der Waals surface area contributed by atoms with Crippen LogP contribution < -0.4 is 5.32 Å². The van der Waals surface area contributed by atoms with E-state index < -0.39 is 0 Å². The highest BCUT2D eigenvalue weighted by molar-refractivity contribution is 5.94. The lowest BCUT2D eigenvalue weighted by Crippen LogP contribution is -2.53. The van der Waals surface area contributed by atoms with Crippen LogP contribution in [0.5, 0.6) is 0 Å². The van der Waals surface area contributed by atoms with E-state index in [0.29, 0.717) is 44.9 Å². The number of morpholine rings is 2. The molecule has 2 heterocycles. The summed E-state index contributed by atoms with van der Waals surface area (Å²) in [7, 11) is 0. The van der Waals surface area contributed by atoms with Crippen LogP contribution in [0, 0.1) is 6.92 Å². The van der Waals surface area contributed by atoms with Gasteiger partial charge in [-0.1, -0.05) is 48.0 Å². The molecule has 1 N–H and O–H groups in total. The first-order valence-electron chi connectivity index (χ1n) is 12.4. The van der Waals surface area contributed by atoms with Gasteiger partial charge < -0.3 is 24.6 Å². The van der Waals surface area contributed by atoms with Crippen molar-refractivity contribution in [2.75, 3.05) is 65.6 Å². The Hall–Kier alpha value is -2.94. The van der Waals surface area contributed by atoms with E-state index in [1.54, 1.807) is 4.90 Å². The molecule has 1 atom stereocenters. The fourth-order valence-electron chi connectivity index (χ4n) is 4.39. The molecular formula is C27H36N4O4. The summed E-state index contributed by atoms with van der Waals surface area (Å²) in [6.45, 7) is 8.99. The number of aryl methyl sites for hydroxylation is 1. The van der Waals surface area contributed by atoms with Crippen molar-refractivity contribution in [2.24, 2.45) is 0 Å². The monoisotopic (exact) mass is 480 g/mol. The van der Waals surface area contributed by atoms with E-state index in [-0.39, 0.29) is 18.0 Å². The van der Waals surface area contributed by atoms with Crippen LogP contribution in [0.4, 0.5) is 4.79 Å². The minimum atomic E-state index is -0.231. The van der Waals surface area contributed by atoms with Crippen molar-refractivity contribution < 1.29 is 19.1 Å². The third-order valence-electron chi connectivity index (χ3n) is 6.51. The summed E-state index contributed by atoms with van der Waals surface area (Å²) >= 11 is 0. The van der Waals surface area contributed by atoms with Crippen molar-refractivity contribution in [3.8, 4) is 0 Å². The zero-order valence-corrected chi connectivity index (χ0v) is 20.5. The Balaban J connectivity index is 1.36. The Morgan fingerprint density at radius 1 is 1.00 bits per heavy atom. The Bertz CT molecular complexity index is 947. The molecule has 4 rings (SSSR count). The van der Waals surface area contributed by atoms with Crippen LogP contribution >= 0.6 is 0 Å². The smallest absolute Gasteiger partial charge is 0.317 e. The number of hydrogen-bond acceptors (Lipinski definition) is 5. The molecule has 8 heteroatoms. The summed E-state index contributed by atoms with van der Waals surface area (Å²) in [5, 5.41) is 3.00. The van der Waals surface area contributed by atoms with E-state index in [9.17, 15) is 9.59 Å². The second-order valence-corrected chi connectivity index (χ2v) is 9.15. The van der Waals surface area contributed by atoms with Gasteiger partial charge in [0.1, 0.15) is 0 Å². The summed E-state index contributed by atoms with van der Waals surface area (Å²) in [4.78, 5) is 32.2. The van der Waals surface area contributed by atoms with Crippen LogP contribution in [-0.2, 0) is 16.0 Å². The van der Waals surface area contributed by atoms with Crippen molar-refractivity contribution >= 4 is 11.9 Å². The molecule has 2 aromatic rings. The van der Waals surface area contributed by atoms with E-state index in [0.717, 1.165) is 44.0 Å². The standard InChI is InChI=1S/C27H36N4O4/c1-22-7-9-24(10-8-22)26(32)30(12-11-29-13-16-34-17-14-29)20-25-21-31(15-18-35-25)27(33)28-19-23-5-3-2-4-6-23/h2-10,25H,11-21H2,1H3,(H,28,33)/t25-/m0/s1. The zero-order chi connectivity index (χ0) is 24.5. The largest absolute Gasteiger partial charge is 0.379 e. The average molecular weight is 481 g/mol. The first kappa shape index (κ1) is 25.2. The number of ether oxygens (including phenoxy) is 2. The number of carbonyl (C=O) groups is 2. The Labute approximate surface area is 207 Å². The summed E-state index contributed by atoms with van der Waals surface area (Å²) in [5.41, 5.74) is 2.85. The van der Waals surface area contributed by atoms with Gasteiger partial charge in [0.2, 0.25) is 0 Å². The topological polar surface area (TPSA) is 74.4 Å². The van der Waals surface area contributed by atoms with Gasteiger partial charge in [-0.15, -0.1) is 0 Å². The molecule has 188 valence electrons. The number of benzene rings is 2. The minimum Gasteiger partial charge on any atom is -0.379 e. The van der Waals surface area contributed by atoms with Gasteiger partial charge in [0, 0.05) is 51.4 Å². The number of amides is 3. The highest BCUT2D eigenvalue weighted by Crippen LogP contribution is 2.13. The number of nitrogens with zero attached hydrogens (tertiary/aromatic N) is 3. The molecular weight excluding hydrogens is 444 g/mol. The van der Waals surface area contributed by atoms with Crippen LogP contribution in [0.1, 0.15) is 21.5 Å². The minimum absolute atomic E-state index is 0.00693. The Kier molecular flexibility index (Phi) is 9.11. The third kappa shape index (κ3) is 7.52. The second kappa shape index (κ2) is 12.7. The predicted molar refractivity (Wildman–Crippen MR) is 134 cm³/mol. The Morgan fingerprint density at radius 2 is 1.74 bits per heavy atom. The summed E-state index contributed by atoms with van der Waals surface area (Å²) in [6.07, 6.45) is -0.231. The number of hydrogen-bond donors (Lipinski definition) is 1. The van der Waals surface area contributed by atoms with Crippen LogP contribution in [0.2, 0.25) is 0 Å². The molecule has 2 aliphatic heterocycles. The molecule has 2 aliphatic rings. The van der Waals surface area contributed by atoms with Crippen LogP contribution in [0.25, 0.3) is 0 Å². The highest BCUT2D eigenvalue weighted by Gasteiger charge is 2.28. The summed E-state index contributed by atoms with van der Waals surface area (Å²) < 4.78 is 11.5. The third-order valence-corrected chi connectivity index (χ3v) is 6.51. The SMILES string of the molecule is Cc1ccc(C(=O)N(CCN2CCOCC2)C[C@H]2CN(C(=O)NCc3ccccc3)CCO2)cc1. The van der Waals surface area contributed by atoms with Gasteiger partial charge in [-0.2, -0.15) is 0 Å². The molecule has 0 bridgehead atoms. The van der Waals surface area contributed by atoms with Gasteiger partial charge in [0.15, 0.2) is 0 Å². The van der Waals surface area contributed by atoms with E-state index in [4.69, 9.17) is 9.47 Å². The van der Waals surface area contributed by atoms with Crippen LogP contribution in [-0.4, -0.2) is 98.4 Å². The molecule has 3 amide bonds. The van der Waals surface area contributed by atoms with Gasteiger partial charge >= 0.3 is 6.03 Å². The Morgan fingerprint density at radius 3 is 2.49 bits per heavy atom. The van der Waals surface area contributed by atoms with Crippen molar-refractivity contribution in [1.82, 2.24) is 20.0 Å². The van der Waals surface area contributed by atoms with Crippen molar-refractivity contribution in [3.63, 3.8) is 0 Å². The molecule has 0 spiro atoms. The second-order valence-electron chi connectivity index (χ2n) is 9.15. The fraction of sp³-hybridized carbons (Fsp3) is 0.481. The number of carbonyl (C=O) groups excluding carboxylic acids is 2. The van der Waals surface area contributed by atoms with E-state index >= 15 is 0 Å². The van der Waals surface area contributed by atoms with Gasteiger partial charge in [-0.05, 0) is 24.6 Å². The normalized spacial score (nSPS) is 18.8. The molecule has 0 aliphatic carbocycles. The molecule has 2 aromatic carbocycles. The number of nitrogens with one attached hydrogen (secondary N) is 1. The quantitative estimate of drug-likeness (QED) is 0.628. The molecule has 2 fully saturated rings. The zero-order valence-electron chi connectivity index (χ0n) is 20.5. The van der Waals surface area contributed by atoms with Crippen molar-refractivity contribution in [1.29, 1.82) is 0 Å². The lowest BCUT2D eigenvalue weighted by Gasteiger charge is -2.36. The van der Waals surface area contributed by atoms with Crippen molar-refractivity contribution in [3.05, 3.63) is 71.3 Å². The van der Waals surface area contributed by atoms with E-state index in [1.165, 1.54) is 0 Å². The van der Waals surface area contributed by atoms with Gasteiger partial charge in [-0.25, -0.2) is 4.79 Å².